The molecule has 3 aromatic rings. The average Bonchev–Trinajstić information content (AvgIpc) is 2.77. The van der Waals surface area contributed by atoms with Crippen molar-refractivity contribution in [1.29, 1.82) is 0 Å². The molecule has 6 nitrogen and oxygen atoms in total. The summed E-state index contributed by atoms with van der Waals surface area (Å²) in [6.07, 6.45) is -3.86. The largest absolute Gasteiger partial charge is 0.451 e. The Morgan fingerprint density at radius 2 is 1.69 bits per heavy atom. The molecule has 0 amide bonds. The minimum atomic E-state index is -4.80. The van der Waals surface area contributed by atoms with Gasteiger partial charge in [-0.3, -0.25) is 9.27 Å². The van der Waals surface area contributed by atoms with Gasteiger partial charge in [0.2, 0.25) is 5.82 Å². The highest BCUT2D eigenvalue weighted by Crippen LogP contribution is 2.42. The van der Waals surface area contributed by atoms with E-state index < -0.39 is 29.1 Å². The zero-order valence-corrected chi connectivity index (χ0v) is 19.8. The summed E-state index contributed by atoms with van der Waals surface area (Å²) in [5.74, 6) is -1.24. The summed E-state index contributed by atoms with van der Waals surface area (Å²) in [5.41, 5.74) is 1.36. The zero-order chi connectivity index (χ0) is 25.3. The molecule has 0 radical (unpaired) electrons. The van der Waals surface area contributed by atoms with Crippen molar-refractivity contribution < 1.29 is 26.3 Å². The van der Waals surface area contributed by atoms with Gasteiger partial charge in [-0.25, -0.2) is 18.6 Å². The van der Waals surface area contributed by atoms with Gasteiger partial charge in [-0.2, -0.15) is 13.2 Å². The Balaban J connectivity index is 2.02. The number of piperidine rings is 1. The Labute approximate surface area is 202 Å². The SMILES string of the molecule is CC1CC(C)CN(c2nc(C(F)(F)F)nc(-c3ccc(F)cc3)c2-c2cccc(NS(=O)O)c2)C1. The number of benzene rings is 2. The monoisotopic (exact) mass is 508 g/mol. The van der Waals surface area contributed by atoms with E-state index in [9.17, 15) is 26.3 Å². The second-order valence-corrected chi connectivity index (χ2v) is 9.58. The molecule has 1 fully saturated rings. The molecule has 2 aromatic carbocycles. The molecular formula is C24H24F4N4O2S. The second-order valence-electron chi connectivity index (χ2n) is 8.88. The highest BCUT2D eigenvalue weighted by Gasteiger charge is 2.38. The maximum absolute atomic E-state index is 13.9. The van der Waals surface area contributed by atoms with E-state index in [2.05, 4.69) is 14.7 Å². The van der Waals surface area contributed by atoms with E-state index >= 15 is 0 Å². The molecule has 186 valence electrons. The van der Waals surface area contributed by atoms with Crippen molar-refractivity contribution in [1.82, 2.24) is 9.97 Å². The highest BCUT2D eigenvalue weighted by atomic mass is 32.2. The molecule has 2 N–H and O–H groups in total. The Morgan fingerprint density at radius 1 is 1.03 bits per heavy atom. The van der Waals surface area contributed by atoms with Gasteiger partial charge in [0, 0.05) is 24.3 Å². The van der Waals surface area contributed by atoms with E-state index in [1.807, 2.05) is 18.7 Å². The first-order valence-electron chi connectivity index (χ1n) is 11.0. The number of rotatable bonds is 5. The van der Waals surface area contributed by atoms with Crippen molar-refractivity contribution >= 4 is 22.8 Å². The summed E-state index contributed by atoms with van der Waals surface area (Å²) < 4.78 is 78.3. The van der Waals surface area contributed by atoms with Gasteiger partial charge in [0.25, 0.3) is 11.3 Å². The van der Waals surface area contributed by atoms with Gasteiger partial charge in [-0.1, -0.05) is 26.0 Å². The molecule has 3 unspecified atom stereocenters. The lowest BCUT2D eigenvalue weighted by atomic mass is 9.91. The van der Waals surface area contributed by atoms with Crippen LogP contribution in [-0.2, 0) is 17.4 Å². The molecule has 1 aliphatic rings. The number of nitrogens with zero attached hydrogens (tertiary/aromatic N) is 3. The van der Waals surface area contributed by atoms with E-state index in [1.165, 1.54) is 12.1 Å². The van der Waals surface area contributed by atoms with E-state index in [0.717, 1.165) is 18.6 Å². The van der Waals surface area contributed by atoms with Crippen molar-refractivity contribution in [3.63, 3.8) is 0 Å². The summed E-state index contributed by atoms with van der Waals surface area (Å²) in [4.78, 5) is 9.72. The summed E-state index contributed by atoms with van der Waals surface area (Å²) in [5, 5.41) is 0. The van der Waals surface area contributed by atoms with Crippen LogP contribution in [0.2, 0.25) is 0 Å². The van der Waals surface area contributed by atoms with Crippen LogP contribution in [0, 0.1) is 17.7 Å². The molecule has 1 aromatic heterocycles. The first-order valence-corrected chi connectivity index (χ1v) is 12.1. The topological polar surface area (TPSA) is 78.4 Å². The fourth-order valence-electron chi connectivity index (χ4n) is 4.56. The molecule has 35 heavy (non-hydrogen) atoms. The van der Waals surface area contributed by atoms with Gasteiger partial charge in [-0.15, -0.1) is 0 Å². The minimum Gasteiger partial charge on any atom is -0.355 e. The number of anilines is 2. The van der Waals surface area contributed by atoms with Gasteiger partial charge in [0.15, 0.2) is 0 Å². The highest BCUT2D eigenvalue weighted by molar-refractivity contribution is 7.80. The predicted octanol–water partition coefficient (Wildman–Crippen LogP) is 6.00. The first-order chi connectivity index (χ1) is 16.5. The van der Waals surface area contributed by atoms with E-state index in [-0.39, 0.29) is 28.9 Å². The van der Waals surface area contributed by atoms with Crippen LogP contribution >= 0.6 is 0 Å². The summed E-state index contributed by atoms with van der Waals surface area (Å²) in [6, 6.07) is 11.5. The van der Waals surface area contributed by atoms with Crippen LogP contribution in [0.5, 0.6) is 0 Å². The van der Waals surface area contributed by atoms with Gasteiger partial charge < -0.3 is 4.90 Å². The molecule has 3 atom stereocenters. The third-order valence-corrected chi connectivity index (χ3v) is 6.20. The van der Waals surface area contributed by atoms with Crippen LogP contribution in [0.4, 0.5) is 29.1 Å². The van der Waals surface area contributed by atoms with Crippen molar-refractivity contribution in [2.45, 2.75) is 26.4 Å². The molecule has 0 bridgehead atoms. The van der Waals surface area contributed by atoms with Crippen LogP contribution in [0.25, 0.3) is 22.4 Å². The van der Waals surface area contributed by atoms with Crippen LogP contribution in [0.1, 0.15) is 26.1 Å². The second kappa shape index (κ2) is 9.90. The van der Waals surface area contributed by atoms with Gasteiger partial charge in [0.05, 0.1) is 11.3 Å². The Bertz CT molecular complexity index is 1230. The third kappa shape index (κ3) is 5.79. The summed E-state index contributed by atoms with van der Waals surface area (Å²) in [7, 11) is 0. The normalized spacial score (nSPS) is 19.5. The first kappa shape index (κ1) is 25.1. The Hall–Kier alpha value is -3.05. The standard InChI is InChI=1S/C24H24F4N4O2S/c1-14-10-15(2)13-32(12-14)22-20(17-4-3-5-19(11-17)31-35(33)34)21(16-6-8-18(25)9-7-16)29-23(30-22)24(26,27)28/h3-9,11,14-15,31H,10,12-13H2,1-2H3,(H,33,34). The predicted molar refractivity (Wildman–Crippen MR) is 127 cm³/mol. The fraction of sp³-hybridized carbons (Fsp3) is 0.333. The molecule has 2 heterocycles. The Morgan fingerprint density at radius 3 is 2.29 bits per heavy atom. The minimum absolute atomic E-state index is 0.00419. The fourth-order valence-corrected chi connectivity index (χ4v) is 4.89. The third-order valence-electron chi connectivity index (χ3n) is 5.79. The van der Waals surface area contributed by atoms with Gasteiger partial charge >= 0.3 is 6.18 Å². The lowest BCUT2D eigenvalue weighted by Gasteiger charge is -2.37. The maximum Gasteiger partial charge on any atom is 0.451 e. The number of aromatic nitrogens is 2. The van der Waals surface area contributed by atoms with Crippen LogP contribution in [0.3, 0.4) is 0 Å². The average molecular weight is 509 g/mol. The molecule has 11 heteroatoms. The molecule has 0 aliphatic carbocycles. The zero-order valence-electron chi connectivity index (χ0n) is 19.0. The van der Waals surface area contributed by atoms with Crippen LogP contribution in [0.15, 0.2) is 48.5 Å². The number of hydrogen-bond donors (Lipinski definition) is 2. The van der Waals surface area contributed by atoms with E-state index in [0.29, 0.717) is 29.9 Å². The smallest absolute Gasteiger partial charge is 0.355 e. The molecule has 1 aliphatic heterocycles. The number of alkyl halides is 3. The van der Waals surface area contributed by atoms with Gasteiger partial charge in [0.1, 0.15) is 11.6 Å². The van der Waals surface area contributed by atoms with Crippen LogP contribution < -0.4 is 9.62 Å². The van der Waals surface area contributed by atoms with E-state index in [1.54, 1.807) is 24.3 Å². The molecule has 4 rings (SSSR count). The summed E-state index contributed by atoms with van der Waals surface area (Å²) >= 11 is -2.34. The number of halogens is 4. The van der Waals surface area contributed by atoms with Gasteiger partial charge in [-0.05, 0) is 60.2 Å². The van der Waals surface area contributed by atoms with Crippen molar-refractivity contribution in [2.24, 2.45) is 11.8 Å². The lowest BCUT2D eigenvalue weighted by Crippen LogP contribution is -2.40. The lowest BCUT2D eigenvalue weighted by molar-refractivity contribution is -0.144. The van der Waals surface area contributed by atoms with Crippen molar-refractivity contribution in [2.75, 3.05) is 22.7 Å². The van der Waals surface area contributed by atoms with Crippen molar-refractivity contribution in [3.05, 3.63) is 60.2 Å². The van der Waals surface area contributed by atoms with Crippen molar-refractivity contribution in [3.8, 4) is 22.4 Å². The molecular weight excluding hydrogens is 484 g/mol. The molecule has 0 saturated carbocycles. The summed E-state index contributed by atoms with van der Waals surface area (Å²) in [6.45, 7) is 5.09. The quantitative estimate of drug-likeness (QED) is 0.327. The van der Waals surface area contributed by atoms with E-state index in [4.69, 9.17) is 0 Å². The number of nitrogens with one attached hydrogen (secondary N) is 1. The Kier molecular flexibility index (Phi) is 7.09. The molecule has 1 saturated heterocycles. The molecule has 0 spiro atoms. The maximum atomic E-state index is 13.9. The van der Waals surface area contributed by atoms with Crippen LogP contribution in [-0.4, -0.2) is 31.8 Å². The number of hydrogen-bond acceptors (Lipinski definition) is 4.